The van der Waals surface area contributed by atoms with Crippen LogP contribution in [0.4, 0.5) is 10.5 Å². The third kappa shape index (κ3) is 2.97. The van der Waals surface area contributed by atoms with Crippen LogP contribution in [0.2, 0.25) is 5.28 Å². The van der Waals surface area contributed by atoms with Crippen LogP contribution in [0.5, 0.6) is 0 Å². The van der Waals surface area contributed by atoms with Gasteiger partial charge in [0.05, 0.1) is 6.20 Å². The third-order valence-corrected chi connectivity index (χ3v) is 4.76. The SMILES string of the molecule is CN1CCN(c2ccc(-c3nn(C(=O)O)c4cnc(Cl)nc34)cc2)CC1. The summed E-state index contributed by atoms with van der Waals surface area (Å²) in [4.78, 5) is 24.1. The number of fused-ring (bicyclic) bond motifs is 1. The fourth-order valence-electron chi connectivity index (χ4n) is 3.12. The molecule has 1 aromatic carbocycles. The summed E-state index contributed by atoms with van der Waals surface area (Å²) in [5.74, 6) is 0. The predicted octanol–water partition coefficient (Wildman–Crippen LogP) is 2.42. The highest BCUT2D eigenvalue weighted by molar-refractivity contribution is 6.28. The van der Waals surface area contributed by atoms with Crippen molar-refractivity contribution >= 4 is 34.4 Å². The number of carboxylic acid groups (broad SMARTS) is 1. The fourth-order valence-corrected chi connectivity index (χ4v) is 3.25. The molecule has 0 saturated carbocycles. The molecule has 1 aliphatic heterocycles. The minimum atomic E-state index is -1.19. The number of halogens is 1. The normalized spacial score (nSPS) is 15.5. The second-order valence-electron chi connectivity index (χ2n) is 6.25. The van der Waals surface area contributed by atoms with Gasteiger partial charge in [-0.1, -0.05) is 12.1 Å². The molecule has 1 N–H and O–H groups in total. The first-order valence-electron chi connectivity index (χ1n) is 8.21. The first kappa shape index (κ1) is 16.7. The van der Waals surface area contributed by atoms with E-state index in [-0.39, 0.29) is 5.28 Å². The average molecular weight is 373 g/mol. The molecule has 134 valence electrons. The lowest BCUT2D eigenvalue weighted by Crippen LogP contribution is -2.44. The fraction of sp³-hybridized carbons (Fsp3) is 0.294. The lowest BCUT2D eigenvalue weighted by Gasteiger charge is -2.34. The van der Waals surface area contributed by atoms with Crippen LogP contribution in [0.25, 0.3) is 22.3 Å². The van der Waals surface area contributed by atoms with E-state index in [9.17, 15) is 9.90 Å². The predicted molar refractivity (Wildman–Crippen MR) is 98.9 cm³/mol. The Bertz CT molecular complexity index is 963. The van der Waals surface area contributed by atoms with E-state index >= 15 is 0 Å². The number of nitrogens with zero attached hydrogens (tertiary/aromatic N) is 6. The van der Waals surface area contributed by atoms with Crippen molar-refractivity contribution in [2.24, 2.45) is 0 Å². The highest BCUT2D eigenvalue weighted by atomic mass is 35.5. The van der Waals surface area contributed by atoms with E-state index in [2.05, 4.69) is 31.9 Å². The number of hydrogen-bond acceptors (Lipinski definition) is 6. The van der Waals surface area contributed by atoms with Gasteiger partial charge in [-0.3, -0.25) is 0 Å². The Kier molecular flexibility index (Phi) is 4.21. The van der Waals surface area contributed by atoms with Gasteiger partial charge >= 0.3 is 6.09 Å². The summed E-state index contributed by atoms with van der Waals surface area (Å²) in [6, 6.07) is 7.90. The Morgan fingerprint density at radius 3 is 2.50 bits per heavy atom. The van der Waals surface area contributed by atoms with Crippen LogP contribution in [-0.4, -0.2) is 69.1 Å². The number of carbonyl (C=O) groups is 1. The third-order valence-electron chi connectivity index (χ3n) is 4.58. The average Bonchev–Trinajstić information content (AvgIpc) is 3.01. The van der Waals surface area contributed by atoms with Crippen LogP contribution in [0.3, 0.4) is 0 Å². The van der Waals surface area contributed by atoms with Crippen LogP contribution in [0.1, 0.15) is 0 Å². The zero-order valence-electron chi connectivity index (χ0n) is 14.1. The minimum Gasteiger partial charge on any atom is -0.463 e. The van der Waals surface area contributed by atoms with E-state index in [1.54, 1.807) is 0 Å². The van der Waals surface area contributed by atoms with Crippen molar-refractivity contribution in [3.63, 3.8) is 0 Å². The maximum absolute atomic E-state index is 11.4. The summed E-state index contributed by atoms with van der Waals surface area (Å²) in [6.07, 6.45) is 0.176. The Morgan fingerprint density at radius 1 is 1.15 bits per heavy atom. The molecule has 1 fully saturated rings. The molecule has 0 spiro atoms. The van der Waals surface area contributed by atoms with E-state index in [1.165, 1.54) is 6.20 Å². The molecule has 0 radical (unpaired) electrons. The molecule has 0 unspecified atom stereocenters. The van der Waals surface area contributed by atoms with E-state index in [0.29, 0.717) is 16.7 Å². The van der Waals surface area contributed by atoms with Crippen LogP contribution < -0.4 is 4.90 Å². The van der Waals surface area contributed by atoms with E-state index < -0.39 is 6.09 Å². The monoisotopic (exact) mass is 372 g/mol. The van der Waals surface area contributed by atoms with E-state index in [0.717, 1.165) is 42.1 Å². The summed E-state index contributed by atoms with van der Waals surface area (Å²) in [5, 5.41) is 13.6. The number of piperazine rings is 1. The highest BCUT2D eigenvalue weighted by Crippen LogP contribution is 2.29. The van der Waals surface area contributed by atoms with Crippen LogP contribution >= 0.6 is 11.6 Å². The highest BCUT2D eigenvalue weighted by Gasteiger charge is 2.19. The molecule has 0 aliphatic carbocycles. The molecule has 0 bridgehead atoms. The van der Waals surface area contributed by atoms with Gasteiger partial charge in [0.1, 0.15) is 16.7 Å². The molecule has 1 aliphatic rings. The molecule has 8 nitrogen and oxygen atoms in total. The topological polar surface area (TPSA) is 87.4 Å². The molecule has 1 saturated heterocycles. The zero-order valence-corrected chi connectivity index (χ0v) is 14.9. The lowest BCUT2D eigenvalue weighted by atomic mass is 10.1. The molecular weight excluding hydrogens is 356 g/mol. The Balaban J connectivity index is 1.71. The Morgan fingerprint density at radius 2 is 1.85 bits per heavy atom. The van der Waals surface area contributed by atoms with Gasteiger partial charge in [-0.05, 0) is 30.8 Å². The van der Waals surface area contributed by atoms with Gasteiger partial charge in [0.25, 0.3) is 0 Å². The molecular formula is C17H17ClN6O2. The van der Waals surface area contributed by atoms with Gasteiger partial charge in [-0.2, -0.15) is 9.78 Å². The summed E-state index contributed by atoms with van der Waals surface area (Å²) in [5.41, 5.74) is 3.11. The zero-order chi connectivity index (χ0) is 18.3. The number of aromatic nitrogens is 4. The maximum atomic E-state index is 11.4. The van der Waals surface area contributed by atoms with Crippen molar-refractivity contribution in [1.82, 2.24) is 24.6 Å². The first-order valence-corrected chi connectivity index (χ1v) is 8.59. The van der Waals surface area contributed by atoms with Crippen molar-refractivity contribution in [3.8, 4) is 11.3 Å². The number of hydrogen-bond donors (Lipinski definition) is 1. The Hall–Kier alpha value is -2.71. The van der Waals surface area contributed by atoms with Gasteiger partial charge in [0, 0.05) is 37.4 Å². The second kappa shape index (κ2) is 6.54. The number of rotatable bonds is 2. The Labute approximate surface area is 154 Å². The molecule has 3 aromatic rings. The van der Waals surface area contributed by atoms with Crippen molar-refractivity contribution in [2.75, 3.05) is 38.1 Å². The van der Waals surface area contributed by atoms with Crippen molar-refractivity contribution in [1.29, 1.82) is 0 Å². The van der Waals surface area contributed by atoms with E-state index in [4.69, 9.17) is 11.6 Å². The molecule has 9 heteroatoms. The smallest absolute Gasteiger partial charge is 0.432 e. The largest absolute Gasteiger partial charge is 0.463 e. The molecule has 3 heterocycles. The second-order valence-corrected chi connectivity index (χ2v) is 6.59. The maximum Gasteiger partial charge on any atom is 0.432 e. The number of benzene rings is 1. The van der Waals surface area contributed by atoms with Crippen LogP contribution in [0.15, 0.2) is 30.5 Å². The van der Waals surface area contributed by atoms with Gasteiger partial charge in [-0.25, -0.2) is 14.8 Å². The first-order chi connectivity index (χ1) is 12.5. The van der Waals surface area contributed by atoms with Crippen molar-refractivity contribution < 1.29 is 9.90 Å². The summed E-state index contributed by atoms with van der Waals surface area (Å²) < 4.78 is 0.870. The number of anilines is 1. The van der Waals surface area contributed by atoms with Gasteiger partial charge in [0.15, 0.2) is 0 Å². The molecule has 4 rings (SSSR count). The summed E-state index contributed by atoms with van der Waals surface area (Å²) >= 11 is 5.89. The van der Waals surface area contributed by atoms with Crippen LogP contribution in [0, 0.1) is 0 Å². The lowest BCUT2D eigenvalue weighted by molar-refractivity contribution is 0.194. The molecule has 0 amide bonds. The molecule has 2 aromatic heterocycles. The van der Waals surface area contributed by atoms with Gasteiger partial charge < -0.3 is 14.9 Å². The van der Waals surface area contributed by atoms with Gasteiger partial charge in [-0.15, -0.1) is 0 Å². The quantitative estimate of drug-likeness (QED) is 0.691. The summed E-state index contributed by atoms with van der Waals surface area (Å²) in [7, 11) is 2.12. The van der Waals surface area contributed by atoms with Crippen molar-refractivity contribution in [3.05, 3.63) is 35.7 Å². The summed E-state index contributed by atoms with van der Waals surface area (Å²) in [6.45, 7) is 4.03. The van der Waals surface area contributed by atoms with Crippen LogP contribution in [-0.2, 0) is 0 Å². The number of likely N-dealkylation sites (N-methyl/N-ethyl adjacent to an activating group) is 1. The standard InChI is InChI=1S/C17H17ClN6O2/c1-22-6-8-23(9-7-22)12-4-2-11(3-5-12)14-15-13(10-19-16(18)20-15)24(21-14)17(25)26/h2-5,10H,6-9H2,1H3,(H,25,26). The van der Waals surface area contributed by atoms with Crippen molar-refractivity contribution in [2.45, 2.75) is 0 Å². The van der Waals surface area contributed by atoms with E-state index in [1.807, 2.05) is 24.3 Å². The van der Waals surface area contributed by atoms with Gasteiger partial charge in [0.2, 0.25) is 5.28 Å². The molecule has 26 heavy (non-hydrogen) atoms. The minimum absolute atomic E-state index is 0.0535. The molecule has 0 atom stereocenters.